The maximum atomic E-state index is 12.5. The molecule has 0 atom stereocenters. The van der Waals surface area contributed by atoms with E-state index in [2.05, 4.69) is 20.3 Å². The summed E-state index contributed by atoms with van der Waals surface area (Å²) >= 11 is 1.45. The maximum Gasteiger partial charge on any atom is 0.262 e. The molecule has 1 amide bonds. The average Bonchev–Trinajstić information content (AvgIpc) is 3.25. The smallest absolute Gasteiger partial charge is 0.262 e. The molecule has 1 aromatic carbocycles. The molecule has 0 saturated carbocycles. The molecule has 4 aromatic rings. The summed E-state index contributed by atoms with van der Waals surface area (Å²) in [6, 6.07) is 7.07. The zero-order chi connectivity index (χ0) is 17.4. The van der Waals surface area contributed by atoms with Gasteiger partial charge >= 0.3 is 0 Å². The molecule has 2 N–H and O–H groups in total. The molecule has 0 aliphatic carbocycles. The second-order valence-corrected chi connectivity index (χ2v) is 6.54. The SMILES string of the molecule is Cc1nc2sccc2c(=O)n1CCNC(=O)c1ccc2nc[nH]c2c1. The number of carbonyl (C=O) groups is 1. The highest BCUT2D eigenvalue weighted by Crippen LogP contribution is 2.15. The first-order valence-electron chi connectivity index (χ1n) is 7.79. The topological polar surface area (TPSA) is 92.7 Å². The van der Waals surface area contributed by atoms with Crippen molar-refractivity contribution in [1.82, 2.24) is 24.8 Å². The van der Waals surface area contributed by atoms with Crippen LogP contribution in [-0.2, 0) is 6.54 Å². The van der Waals surface area contributed by atoms with E-state index < -0.39 is 0 Å². The van der Waals surface area contributed by atoms with Crippen molar-refractivity contribution in [2.75, 3.05) is 6.54 Å². The molecule has 25 heavy (non-hydrogen) atoms. The molecule has 4 rings (SSSR count). The molecule has 0 aliphatic heterocycles. The summed E-state index contributed by atoms with van der Waals surface area (Å²) in [6.07, 6.45) is 1.59. The van der Waals surface area contributed by atoms with Crippen LogP contribution in [-0.4, -0.2) is 32.0 Å². The largest absolute Gasteiger partial charge is 0.350 e. The van der Waals surface area contributed by atoms with Gasteiger partial charge in [-0.05, 0) is 36.6 Å². The molecule has 126 valence electrons. The summed E-state index contributed by atoms with van der Waals surface area (Å²) in [4.78, 5) is 37.1. The van der Waals surface area contributed by atoms with Gasteiger partial charge < -0.3 is 10.3 Å². The summed E-state index contributed by atoms with van der Waals surface area (Å²) in [7, 11) is 0. The molecular weight excluding hydrogens is 338 g/mol. The van der Waals surface area contributed by atoms with Gasteiger partial charge in [-0.15, -0.1) is 11.3 Å². The predicted molar refractivity (Wildman–Crippen MR) is 97.0 cm³/mol. The fourth-order valence-electron chi connectivity index (χ4n) is 2.77. The number of H-pyrrole nitrogens is 1. The number of hydrogen-bond acceptors (Lipinski definition) is 5. The van der Waals surface area contributed by atoms with E-state index in [4.69, 9.17) is 0 Å². The van der Waals surface area contributed by atoms with Gasteiger partial charge in [0.05, 0.1) is 22.7 Å². The summed E-state index contributed by atoms with van der Waals surface area (Å²) in [5.74, 6) is 0.458. The number of nitrogens with one attached hydrogen (secondary N) is 2. The third-order valence-corrected chi connectivity index (χ3v) is 4.88. The van der Waals surface area contributed by atoms with Crippen molar-refractivity contribution in [2.24, 2.45) is 0 Å². The van der Waals surface area contributed by atoms with E-state index in [9.17, 15) is 9.59 Å². The number of nitrogens with zero attached hydrogens (tertiary/aromatic N) is 3. The Morgan fingerprint density at radius 3 is 3.12 bits per heavy atom. The molecule has 3 heterocycles. The van der Waals surface area contributed by atoms with Crippen LogP contribution in [0.2, 0.25) is 0 Å². The fourth-order valence-corrected chi connectivity index (χ4v) is 3.57. The van der Waals surface area contributed by atoms with Gasteiger partial charge in [0, 0.05) is 18.7 Å². The van der Waals surface area contributed by atoms with Gasteiger partial charge in [0.1, 0.15) is 10.7 Å². The summed E-state index contributed by atoms with van der Waals surface area (Å²) < 4.78 is 1.59. The van der Waals surface area contributed by atoms with Gasteiger partial charge in [0.25, 0.3) is 11.5 Å². The Labute approximate surface area is 146 Å². The van der Waals surface area contributed by atoms with Gasteiger partial charge in [-0.1, -0.05) is 0 Å². The Morgan fingerprint density at radius 1 is 1.36 bits per heavy atom. The third kappa shape index (κ3) is 2.80. The van der Waals surface area contributed by atoms with Crippen LogP contribution in [0.5, 0.6) is 0 Å². The predicted octanol–water partition coefficient (Wildman–Crippen LogP) is 2.07. The van der Waals surface area contributed by atoms with Crippen molar-refractivity contribution < 1.29 is 4.79 Å². The number of aryl methyl sites for hydroxylation is 1. The van der Waals surface area contributed by atoms with Gasteiger partial charge in [-0.3, -0.25) is 14.2 Å². The zero-order valence-corrected chi connectivity index (χ0v) is 14.3. The number of imidazole rings is 1. The highest BCUT2D eigenvalue weighted by Gasteiger charge is 2.10. The monoisotopic (exact) mass is 353 g/mol. The van der Waals surface area contributed by atoms with Gasteiger partial charge in [0.15, 0.2) is 0 Å². The fraction of sp³-hybridized carbons (Fsp3) is 0.176. The maximum absolute atomic E-state index is 12.5. The molecule has 0 spiro atoms. The lowest BCUT2D eigenvalue weighted by atomic mass is 10.2. The molecule has 8 heteroatoms. The number of hydrogen-bond donors (Lipinski definition) is 2. The minimum Gasteiger partial charge on any atom is -0.350 e. The van der Waals surface area contributed by atoms with E-state index >= 15 is 0 Å². The normalized spacial score (nSPS) is 11.2. The van der Waals surface area contributed by atoms with Crippen LogP contribution in [0.1, 0.15) is 16.2 Å². The standard InChI is InChI=1S/C17H15N5O2S/c1-10-21-16-12(4-7-25-16)17(24)22(10)6-5-18-15(23)11-2-3-13-14(8-11)20-9-19-13/h2-4,7-9H,5-6H2,1H3,(H,18,23)(H,19,20). The van der Waals surface area contributed by atoms with Crippen LogP contribution < -0.4 is 10.9 Å². The van der Waals surface area contributed by atoms with Crippen molar-refractivity contribution in [1.29, 1.82) is 0 Å². The van der Waals surface area contributed by atoms with Crippen molar-refractivity contribution in [3.8, 4) is 0 Å². The Kier molecular flexibility index (Phi) is 3.81. The second-order valence-electron chi connectivity index (χ2n) is 5.65. The van der Waals surface area contributed by atoms with Crippen LogP contribution >= 0.6 is 11.3 Å². The van der Waals surface area contributed by atoms with E-state index in [1.54, 1.807) is 42.1 Å². The van der Waals surface area contributed by atoms with Crippen LogP contribution in [0, 0.1) is 6.92 Å². The van der Waals surface area contributed by atoms with E-state index in [-0.39, 0.29) is 11.5 Å². The van der Waals surface area contributed by atoms with Gasteiger partial charge in [-0.25, -0.2) is 9.97 Å². The summed E-state index contributed by atoms with van der Waals surface area (Å²) in [5.41, 5.74) is 2.10. The molecule has 0 bridgehead atoms. The second kappa shape index (κ2) is 6.14. The Bertz CT molecular complexity index is 1140. The molecule has 7 nitrogen and oxygen atoms in total. The molecule has 0 unspecified atom stereocenters. The van der Waals surface area contributed by atoms with E-state index in [0.717, 1.165) is 15.9 Å². The quantitative estimate of drug-likeness (QED) is 0.587. The first-order valence-corrected chi connectivity index (χ1v) is 8.67. The lowest BCUT2D eigenvalue weighted by Crippen LogP contribution is -2.32. The molecular formula is C17H15N5O2S. The van der Waals surface area contributed by atoms with Crippen LogP contribution in [0.3, 0.4) is 0 Å². The molecule has 0 aliphatic rings. The van der Waals surface area contributed by atoms with Crippen molar-refractivity contribution >= 4 is 38.5 Å². The number of aromatic nitrogens is 4. The first kappa shape index (κ1) is 15.5. The van der Waals surface area contributed by atoms with Crippen LogP contribution in [0.25, 0.3) is 21.3 Å². The lowest BCUT2D eigenvalue weighted by Gasteiger charge is -2.10. The number of amides is 1. The Morgan fingerprint density at radius 2 is 2.24 bits per heavy atom. The molecule has 0 saturated heterocycles. The summed E-state index contributed by atoms with van der Waals surface area (Å²) in [5, 5.41) is 5.32. The van der Waals surface area contributed by atoms with Crippen molar-refractivity contribution in [2.45, 2.75) is 13.5 Å². The van der Waals surface area contributed by atoms with Gasteiger partial charge in [0.2, 0.25) is 0 Å². The van der Waals surface area contributed by atoms with E-state index in [0.29, 0.717) is 29.9 Å². The number of rotatable bonds is 4. The number of benzene rings is 1. The Hall–Kier alpha value is -3.00. The third-order valence-electron chi connectivity index (χ3n) is 4.08. The average molecular weight is 353 g/mol. The molecule has 0 fully saturated rings. The minimum atomic E-state index is -0.188. The highest BCUT2D eigenvalue weighted by atomic mass is 32.1. The zero-order valence-electron chi connectivity index (χ0n) is 13.4. The molecule has 3 aromatic heterocycles. The van der Waals surface area contributed by atoms with E-state index in [1.807, 2.05) is 5.38 Å². The minimum absolute atomic E-state index is 0.0723. The number of aromatic amines is 1. The number of fused-ring (bicyclic) bond motifs is 2. The lowest BCUT2D eigenvalue weighted by molar-refractivity contribution is 0.0952. The van der Waals surface area contributed by atoms with Crippen molar-refractivity contribution in [3.63, 3.8) is 0 Å². The van der Waals surface area contributed by atoms with Crippen LogP contribution in [0.15, 0.2) is 40.8 Å². The number of thiophene rings is 1. The first-order chi connectivity index (χ1) is 12.1. The van der Waals surface area contributed by atoms with E-state index in [1.165, 1.54) is 11.3 Å². The molecule has 0 radical (unpaired) electrons. The summed E-state index contributed by atoms with van der Waals surface area (Å²) in [6.45, 7) is 2.52. The Balaban J connectivity index is 1.48. The van der Waals surface area contributed by atoms with Crippen LogP contribution in [0.4, 0.5) is 0 Å². The highest BCUT2D eigenvalue weighted by molar-refractivity contribution is 7.16. The van der Waals surface area contributed by atoms with Gasteiger partial charge in [-0.2, -0.15) is 0 Å². The number of carbonyl (C=O) groups excluding carboxylic acids is 1. The van der Waals surface area contributed by atoms with Crippen molar-refractivity contribution in [3.05, 3.63) is 57.7 Å².